The number of piperazine rings is 1. The number of alkyl halides is 2. The number of aldehydes is 2. The lowest BCUT2D eigenvalue weighted by Crippen LogP contribution is -2.50. The zero-order valence-electron chi connectivity index (χ0n) is 24.5. The fourth-order valence-electron chi connectivity index (χ4n) is 5.39. The molecule has 5 rings (SSSR count). The number of hydrogen-bond donors (Lipinski definition) is 1. The molecule has 0 unspecified atom stereocenters. The summed E-state index contributed by atoms with van der Waals surface area (Å²) in [5.74, 6) is -0.976. The molecule has 1 aromatic carbocycles. The summed E-state index contributed by atoms with van der Waals surface area (Å²) >= 11 is 0. The molecular formula is C29H32F2N8O5. The van der Waals surface area contributed by atoms with E-state index < -0.39 is 18.2 Å². The number of aromatic nitrogens is 5. The molecule has 0 radical (unpaired) electrons. The number of amides is 1. The number of allylic oxidation sites excluding steroid dienone is 2. The van der Waals surface area contributed by atoms with Gasteiger partial charge in [0.15, 0.2) is 23.6 Å². The number of hydrogen-bond acceptors (Lipinski definition) is 11. The number of aromatic hydroxyl groups is 1. The molecule has 0 saturated carbocycles. The Morgan fingerprint density at radius 3 is 2.55 bits per heavy atom. The number of halogens is 2. The van der Waals surface area contributed by atoms with Crippen LogP contribution in [0.5, 0.6) is 5.75 Å². The third-order valence-electron chi connectivity index (χ3n) is 7.75. The minimum absolute atomic E-state index is 0.0498. The molecule has 15 heteroatoms. The number of anilines is 1. The van der Waals surface area contributed by atoms with E-state index in [-0.39, 0.29) is 72.9 Å². The molecule has 4 heterocycles. The van der Waals surface area contributed by atoms with Crippen molar-refractivity contribution in [1.29, 1.82) is 0 Å². The van der Waals surface area contributed by atoms with E-state index in [0.717, 1.165) is 15.8 Å². The first-order valence-corrected chi connectivity index (χ1v) is 14.1. The Balaban J connectivity index is 1.46. The standard InChI is InChI=1S/C29H32F2N8O5/c1-4-22(23(14-40)37-8-10-38(11-9-37)27(43)24-25(42)18(2)32-17-33-24)39(29(30,31)16-41)28-34-26(35-36(28)3)20-5-6-21-15-44-12-7-19(21)13-20/h5-6,13-14,16-17,42H,4,7-12,15H2,1-3H3/b23-22+. The number of aryl methyl sites for hydroxylation is 2. The first-order chi connectivity index (χ1) is 21.1. The summed E-state index contributed by atoms with van der Waals surface area (Å²) < 4.78 is 37.5. The number of nitrogens with zero attached hydrogens (tertiary/aromatic N) is 8. The minimum atomic E-state index is -4.06. The summed E-state index contributed by atoms with van der Waals surface area (Å²) in [6, 6.07) is 1.50. The molecule has 0 bridgehead atoms. The summed E-state index contributed by atoms with van der Waals surface area (Å²) in [5.41, 5.74) is 2.61. The molecule has 232 valence electrons. The molecule has 44 heavy (non-hydrogen) atoms. The molecule has 2 aromatic heterocycles. The van der Waals surface area contributed by atoms with Gasteiger partial charge in [-0.1, -0.05) is 19.1 Å². The predicted octanol–water partition coefficient (Wildman–Crippen LogP) is 2.24. The molecule has 1 fully saturated rings. The number of benzene rings is 1. The van der Waals surface area contributed by atoms with Crippen molar-refractivity contribution in [3.05, 3.63) is 58.4 Å². The van der Waals surface area contributed by atoms with Crippen molar-refractivity contribution in [3.63, 3.8) is 0 Å². The van der Waals surface area contributed by atoms with Crippen LogP contribution in [-0.4, -0.2) is 97.0 Å². The van der Waals surface area contributed by atoms with Gasteiger partial charge in [0, 0.05) is 38.8 Å². The fourth-order valence-corrected chi connectivity index (χ4v) is 5.39. The SMILES string of the molecule is CC/C(=C(/C=O)N1CCN(C(=O)c2ncnc(C)c2O)CC1)N(c1nc(-c2ccc3c(c2)CCOC3)nn1C)C(F)(F)C=O. The highest BCUT2D eigenvalue weighted by Crippen LogP contribution is 2.34. The second-order valence-corrected chi connectivity index (χ2v) is 10.4. The van der Waals surface area contributed by atoms with Crippen LogP contribution in [0.25, 0.3) is 11.4 Å². The van der Waals surface area contributed by atoms with Crippen LogP contribution >= 0.6 is 0 Å². The maximum atomic E-state index is 15.5. The van der Waals surface area contributed by atoms with Crippen molar-refractivity contribution in [3.8, 4) is 17.1 Å². The average molecular weight is 611 g/mol. The lowest BCUT2D eigenvalue weighted by Gasteiger charge is -2.38. The summed E-state index contributed by atoms with van der Waals surface area (Å²) in [6.07, 6.45) is 1.80. The Bertz CT molecular complexity index is 1620. The van der Waals surface area contributed by atoms with Crippen LogP contribution in [0.3, 0.4) is 0 Å². The number of carbonyl (C=O) groups excluding carboxylic acids is 3. The summed E-state index contributed by atoms with van der Waals surface area (Å²) in [4.78, 5) is 52.9. The van der Waals surface area contributed by atoms with Gasteiger partial charge in [0.1, 0.15) is 6.33 Å². The summed E-state index contributed by atoms with van der Waals surface area (Å²) in [7, 11) is 1.44. The van der Waals surface area contributed by atoms with E-state index in [9.17, 15) is 19.5 Å². The van der Waals surface area contributed by atoms with E-state index in [1.165, 1.54) is 18.3 Å². The highest BCUT2D eigenvalue weighted by Gasteiger charge is 2.43. The highest BCUT2D eigenvalue weighted by atomic mass is 19.3. The Hall–Kier alpha value is -4.79. The van der Waals surface area contributed by atoms with Crippen molar-refractivity contribution in [2.24, 2.45) is 7.05 Å². The van der Waals surface area contributed by atoms with Gasteiger partial charge in [0.05, 0.1) is 30.3 Å². The third-order valence-corrected chi connectivity index (χ3v) is 7.75. The average Bonchev–Trinajstić information content (AvgIpc) is 3.42. The quantitative estimate of drug-likeness (QED) is 0.216. The van der Waals surface area contributed by atoms with Crippen LogP contribution in [0.4, 0.5) is 14.7 Å². The molecule has 3 aromatic rings. The Morgan fingerprint density at radius 2 is 1.86 bits per heavy atom. The molecule has 1 amide bonds. The topological polar surface area (TPSA) is 147 Å². The largest absolute Gasteiger partial charge is 0.504 e. The molecule has 2 aliphatic heterocycles. The van der Waals surface area contributed by atoms with Crippen molar-refractivity contribution in [2.45, 2.75) is 39.3 Å². The van der Waals surface area contributed by atoms with Crippen molar-refractivity contribution in [1.82, 2.24) is 34.5 Å². The van der Waals surface area contributed by atoms with Gasteiger partial charge >= 0.3 is 6.05 Å². The number of carbonyl (C=O) groups is 3. The van der Waals surface area contributed by atoms with Gasteiger partial charge in [-0.25, -0.2) is 19.5 Å². The molecular weight excluding hydrogens is 578 g/mol. The van der Waals surface area contributed by atoms with Gasteiger partial charge in [-0.2, -0.15) is 13.8 Å². The normalized spacial score (nSPS) is 15.8. The second-order valence-electron chi connectivity index (χ2n) is 10.4. The number of fused-ring (bicyclic) bond motifs is 1. The van der Waals surface area contributed by atoms with Crippen LogP contribution in [-0.2, 0) is 34.4 Å². The van der Waals surface area contributed by atoms with Crippen LogP contribution in [0, 0.1) is 6.92 Å². The van der Waals surface area contributed by atoms with E-state index in [4.69, 9.17) is 4.74 Å². The van der Waals surface area contributed by atoms with Crippen molar-refractivity contribution < 1.29 is 33.0 Å². The first kappa shape index (κ1) is 30.7. The Kier molecular flexibility index (Phi) is 8.67. The summed E-state index contributed by atoms with van der Waals surface area (Å²) in [6.45, 7) is 4.68. The maximum absolute atomic E-state index is 15.5. The third kappa shape index (κ3) is 5.74. The zero-order chi connectivity index (χ0) is 31.6. The molecule has 0 aliphatic carbocycles. The molecule has 13 nitrogen and oxygen atoms in total. The minimum Gasteiger partial charge on any atom is -0.504 e. The van der Waals surface area contributed by atoms with Crippen LogP contribution in [0.15, 0.2) is 35.9 Å². The van der Waals surface area contributed by atoms with Crippen LogP contribution < -0.4 is 4.90 Å². The van der Waals surface area contributed by atoms with E-state index in [2.05, 4.69) is 20.1 Å². The summed E-state index contributed by atoms with van der Waals surface area (Å²) in [5, 5.41) is 14.6. The lowest BCUT2D eigenvalue weighted by molar-refractivity contribution is -0.128. The van der Waals surface area contributed by atoms with Crippen LogP contribution in [0.1, 0.15) is 40.7 Å². The molecule has 1 saturated heterocycles. The zero-order valence-corrected chi connectivity index (χ0v) is 24.5. The van der Waals surface area contributed by atoms with Crippen molar-refractivity contribution >= 4 is 24.4 Å². The number of ether oxygens (including phenoxy) is 1. The van der Waals surface area contributed by atoms with E-state index in [0.29, 0.717) is 36.4 Å². The molecule has 2 aliphatic rings. The van der Waals surface area contributed by atoms with Gasteiger partial charge in [-0.05, 0) is 37.0 Å². The van der Waals surface area contributed by atoms with Gasteiger partial charge in [0.2, 0.25) is 12.2 Å². The predicted molar refractivity (Wildman–Crippen MR) is 153 cm³/mol. The van der Waals surface area contributed by atoms with Gasteiger partial charge in [-0.15, -0.1) is 5.10 Å². The monoisotopic (exact) mass is 610 g/mol. The van der Waals surface area contributed by atoms with Gasteiger partial charge in [-0.3, -0.25) is 14.4 Å². The van der Waals surface area contributed by atoms with E-state index >= 15 is 8.78 Å². The van der Waals surface area contributed by atoms with Crippen molar-refractivity contribution in [2.75, 3.05) is 37.7 Å². The molecule has 1 N–H and O–H groups in total. The Morgan fingerprint density at radius 1 is 1.14 bits per heavy atom. The highest BCUT2D eigenvalue weighted by molar-refractivity contribution is 5.95. The maximum Gasteiger partial charge on any atom is 0.388 e. The fraction of sp³-hybridized carbons (Fsp3) is 0.414. The Labute approximate surface area is 251 Å². The second kappa shape index (κ2) is 12.4. The van der Waals surface area contributed by atoms with Crippen LogP contribution in [0.2, 0.25) is 0 Å². The van der Waals surface area contributed by atoms with Gasteiger partial charge in [0.25, 0.3) is 5.91 Å². The van der Waals surface area contributed by atoms with E-state index in [1.807, 2.05) is 12.1 Å². The molecule has 0 spiro atoms. The van der Waals surface area contributed by atoms with Gasteiger partial charge < -0.3 is 19.6 Å². The lowest BCUT2D eigenvalue weighted by atomic mass is 10.0. The van der Waals surface area contributed by atoms with E-state index in [1.54, 1.807) is 24.8 Å². The smallest absolute Gasteiger partial charge is 0.388 e. The first-order valence-electron chi connectivity index (χ1n) is 14.1. The number of rotatable bonds is 9. The molecule has 0 atom stereocenters.